The van der Waals surface area contributed by atoms with E-state index in [1.54, 1.807) is 0 Å². The molecule has 8 nitrogen and oxygen atoms in total. The van der Waals surface area contributed by atoms with Crippen LogP contribution in [0.25, 0.3) is 0 Å². The Morgan fingerprint density at radius 1 is 1.24 bits per heavy atom. The fourth-order valence-electron chi connectivity index (χ4n) is 4.82. The van der Waals surface area contributed by atoms with Gasteiger partial charge in [0, 0.05) is 26.3 Å². The molecule has 1 aliphatic heterocycles. The predicted molar refractivity (Wildman–Crippen MR) is 117 cm³/mol. The first-order valence-corrected chi connectivity index (χ1v) is 13.5. The summed E-state index contributed by atoms with van der Waals surface area (Å²) >= 11 is 0. The molecule has 1 amide bonds. The number of ether oxygens (including phenoxy) is 1. The van der Waals surface area contributed by atoms with Crippen LogP contribution in [0.15, 0.2) is 27.6 Å². The second kappa shape index (κ2) is 7.87. The molecule has 0 radical (unpaired) electrons. The fourth-order valence-corrected chi connectivity index (χ4v) is 5.47. The van der Waals surface area contributed by atoms with Gasteiger partial charge < -0.3 is 14.2 Å². The van der Waals surface area contributed by atoms with Crippen LogP contribution in [0.2, 0.25) is 0 Å². The Hall–Kier alpha value is -2.77. The van der Waals surface area contributed by atoms with Crippen LogP contribution in [-0.2, 0) is 20.7 Å². The van der Waals surface area contributed by atoms with Crippen molar-refractivity contribution in [1.82, 2.24) is 15.0 Å². The maximum atomic E-state index is 13.8. The van der Waals surface area contributed by atoms with E-state index in [2.05, 4.69) is 10.1 Å². The number of benzene rings is 1. The van der Waals surface area contributed by atoms with Crippen molar-refractivity contribution in [2.75, 3.05) is 19.3 Å². The lowest BCUT2D eigenvalue weighted by molar-refractivity contribution is -0.162. The molecule has 3 fully saturated rings. The van der Waals surface area contributed by atoms with E-state index in [9.17, 15) is 35.2 Å². The Labute approximate surface area is 209 Å². The van der Waals surface area contributed by atoms with E-state index in [1.807, 2.05) is 0 Å². The summed E-state index contributed by atoms with van der Waals surface area (Å²) in [4.78, 5) is 18.7. The summed E-state index contributed by atoms with van der Waals surface area (Å²) in [5.74, 6) is -4.63. The van der Waals surface area contributed by atoms with Gasteiger partial charge in [-0.15, -0.1) is 0 Å². The number of amides is 1. The molecule has 2 aliphatic carbocycles. The number of piperidine rings is 1. The molecule has 0 N–H and O–H groups in total. The number of carbonyl (C=O) groups excluding carboxylic acids is 1. The molecule has 3 atom stereocenters. The lowest BCUT2D eigenvalue weighted by Gasteiger charge is -2.25. The van der Waals surface area contributed by atoms with Crippen LogP contribution in [0.1, 0.15) is 55.2 Å². The maximum Gasteiger partial charge on any atom is 0.401 e. The zero-order valence-corrected chi connectivity index (χ0v) is 20.9. The van der Waals surface area contributed by atoms with Gasteiger partial charge in [0.05, 0.1) is 15.9 Å². The Balaban J connectivity index is 1.41. The van der Waals surface area contributed by atoms with Gasteiger partial charge in [-0.1, -0.05) is 5.16 Å². The number of hydrogen-bond donors (Lipinski definition) is 0. The van der Waals surface area contributed by atoms with Gasteiger partial charge in [-0.25, -0.2) is 17.2 Å². The Bertz CT molecular complexity index is 1370. The van der Waals surface area contributed by atoms with Crippen molar-refractivity contribution >= 4 is 15.7 Å². The van der Waals surface area contributed by atoms with Crippen LogP contribution in [-0.4, -0.2) is 66.9 Å². The van der Waals surface area contributed by atoms with Gasteiger partial charge in [0.15, 0.2) is 21.8 Å². The molecule has 202 valence electrons. The number of likely N-dealkylation sites (tertiary alicyclic amines) is 1. The van der Waals surface area contributed by atoms with E-state index in [4.69, 9.17) is 9.26 Å². The van der Waals surface area contributed by atoms with Gasteiger partial charge in [0.2, 0.25) is 5.89 Å². The van der Waals surface area contributed by atoms with Gasteiger partial charge in [0.1, 0.15) is 11.2 Å². The molecule has 1 aromatic heterocycles. The minimum atomic E-state index is -4.50. The second-order valence-corrected chi connectivity index (χ2v) is 12.4. The quantitative estimate of drug-likeness (QED) is 0.483. The average Bonchev–Trinajstić information content (AvgIpc) is 3.63. The zero-order chi connectivity index (χ0) is 27.2. The van der Waals surface area contributed by atoms with Gasteiger partial charge in [-0.2, -0.15) is 18.2 Å². The number of fused-ring (bicyclic) bond motifs is 1. The van der Waals surface area contributed by atoms with Crippen LogP contribution in [0.4, 0.5) is 22.0 Å². The fraction of sp³-hybridized carbons (Fsp3) is 0.609. The van der Waals surface area contributed by atoms with E-state index in [0.29, 0.717) is 13.3 Å². The first kappa shape index (κ1) is 25.9. The number of aromatic nitrogens is 2. The molecule has 2 aromatic rings. The summed E-state index contributed by atoms with van der Waals surface area (Å²) < 4.78 is 103. The van der Waals surface area contributed by atoms with Gasteiger partial charge in [-0.05, 0) is 50.3 Å². The second-order valence-electron chi connectivity index (χ2n) is 10.4. The third kappa shape index (κ3) is 4.26. The summed E-state index contributed by atoms with van der Waals surface area (Å²) in [5.41, 5.74) is -3.11. The SMILES string of the molecule is CC(Oc1ccc(S(C)(=O)=O)cc1C(=O)N1CC2CC2(c2nc(C3(C(F)(F)F)CC3)no2)C1)C(C)(F)F. The molecule has 3 aliphatic rings. The lowest BCUT2D eigenvalue weighted by atomic mass is 10.0. The molecule has 1 aromatic carbocycles. The topological polar surface area (TPSA) is 103 Å². The van der Waals surface area contributed by atoms with Crippen molar-refractivity contribution in [2.45, 2.75) is 67.0 Å². The number of hydrogen-bond acceptors (Lipinski definition) is 7. The molecule has 0 spiro atoms. The van der Waals surface area contributed by atoms with Crippen LogP contribution in [0.5, 0.6) is 5.75 Å². The number of halogens is 5. The first-order valence-electron chi connectivity index (χ1n) is 11.6. The number of nitrogens with zero attached hydrogens (tertiary/aromatic N) is 3. The predicted octanol–water partition coefficient (Wildman–Crippen LogP) is 3.90. The van der Waals surface area contributed by atoms with Crippen LogP contribution in [0.3, 0.4) is 0 Å². The van der Waals surface area contributed by atoms with Gasteiger partial charge in [-0.3, -0.25) is 4.79 Å². The Morgan fingerprint density at radius 2 is 1.92 bits per heavy atom. The molecule has 37 heavy (non-hydrogen) atoms. The van der Waals surface area contributed by atoms with E-state index in [-0.39, 0.29) is 53.9 Å². The lowest BCUT2D eigenvalue weighted by Crippen LogP contribution is -2.35. The van der Waals surface area contributed by atoms with Crippen LogP contribution in [0, 0.1) is 5.92 Å². The molecule has 2 heterocycles. The Morgan fingerprint density at radius 3 is 2.49 bits per heavy atom. The van der Waals surface area contributed by atoms with Crippen LogP contribution >= 0.6 is 0 Å². The summed E-state index contributed by atoms with van der Waals surface area (Å²) in [6.45, 7) is 2.02. The molecule has 1 saturated heterocycles. The number of rotatable bonds is 7. The monoisotopic (exact) mass is 549 g/mol. The largest absolute Gasteiger partial charge is 0.484 e. The Kier molecular flexibility index (Phi) is 5.50. The number of alkyl halides is 5. The third-order valence-corrected chi connectivity index (χ3v) is 8.74. The van der Waals surface area contributed by atoms with Crippen molar-refractivity contribution in [1.29, 1.82) is 0 Å². The number of carbonyl (C=O) groups is 1. The highest BCUT2D eigenvalue weighted by Crippen LogP contribution is 2.61. The molecule has 14 heteroatoms. The van der Waals surface area contributed by atoms with E-state index in [1.165, 1.54) is 11.0 Å². The molecule has 5 rings (SSSR count). The molecular weight excluding hydrogens is 525 g/mol. The smallest absolute Gasteiger partial charge is 0.401 e. The van der Waals surface area contributed by atoms with Gasteiger partial charge in [0.25, 0.3) is 11.8 Å². The van der Waals surface area contributed by atoms with Gasteiger partial charge >= 0.3 is 6.18 Å². The molecule has 3 unspecified atom stereocenters. The van der Waals surface area contributed by atoms with E-state index < -0.39 is 50.6 Å². The summed E-state index contributed by atoms with van der Waals surface area (Å²) in [6.07, 6.45) is -4.87. The minimum absolute atomic E-state index is 0.0268. The molecule has 0 bridgehead atoms. The normalized spacial score (nSPS) is 25.5. The molecule has 2 saturated carbocycles. The van der Waals surface area contributed by atoms with Crippen molar-refractivity contribution in [2.24, 2.45) is 5.92 Å². The third-order valence-electron chi connectivity index (χ3n) is 7.63. The van der Waals surface area contributed by atoms with E-state index >= 15 is 0 Å². The summed E-state index contributed by atoms with van der Waals surface area (Å²) in [6, 6.07) is 3.41. The first-order chi connectivity index (χ1) is 17.0. The maximum absolute atomic E-state index is 13.8. The number of sulfone groups is 1. The summed E-state index contributed by atoms with van der Waals surface area (Å²) in [7, 11) is -3.73. The highest BCUT2D eigenvalue weighted by atomic mass is 32.2. The standard InChI is InChI=1S/C23H24F5N3O5S/c1-12(20(2,24)25)35-16-5-4-14(37(3,33)34)8-15(16)17(32)31-10-13-9-21(13,11-31)19-29-18(30-36-19)22(6-7-22)23(26,27)28/h4-5,8,12-13H,6-7,9-11H2,1-3H3. The van der Waals surface area contributed by atoms with E-state index in [0.717, 1.165) is 25.3 Å². The van der Waals surface area contributed by atoms with Crippen molar-refractivity contribution in [3.8, 4) is 5.75 Å². The minimum Gasteiger partial charge on any atom is -0.484 e. The van der Waals surface area contributed by atoms with Crippen LogP contribution < -0.4 is 4.74 Å². The zero-order valence-electron chi connectivity index (χ0n) is 20.1. The van der Waals surface area contributed by atoms with Crippen molar-refractivity contribution in [3.63, 3.8) is 0 Å². The highest BCUT2D eigenvalue weighted by Gasteiger charge is 2.69. The molecular formula is C23H24F5N3O5S. The average molecular weight is 550 g/mol. The van der Waals surface area contributed by atoms with Crippen molar-refractivity contribution in [3.05, 3.63) is 35.5 Å². The summed E-state index contributed by atoms with van der Waals surface area (Å²) in [5, 5.41) is 3.60. The highest BCUT2D eigenvalue weighted by molar-refractivity contribution is 7.90. The van der Waals surface area contributed by atoms with Crippen molar-refractivity contribution < 1.29 is 44.4 Å².